The Labute approximate surface area is 117 Å². The van der Waals surface area contributed by atoms with Crippen LogP contribution in [-0.4, -0.2) is 30.9 Å². The fraction of sp³-hybridized carbons (Fsp3) is 0.385. The molecule has 0 saturated carbocycles. The Morgan fingerprint density at radius 3 is 2.37 bits per heavy atom. The molecule has 2 N–H and O–H groups in total. The van der Waals surface area contributed by atoms with E-state index in [1.54, 1.807) is 31.0 Å². The first-order valence-corrected chi connectivity index (χ1v) is 7.24. The maximum Gasteiger partial charge on any atom is 0.242 e. The van der Waals surface area contributed by atoms with E-state index in [1.807, 2.05) is 18.4 Å². The minimum atomic E-state index is -0.248. The zero-order valence-corrected chi connectivity index (χ0v) is 11.9. The quantitative estimate of drug-likeness (QED) is 0.768. The van der Waals surface area contributed by atoms with Gasteiger partial charge >= 0.3 is 0 Å². The van der Waals surface area contributed by atoms with Crippen molar-refractivity contribution < 1.29 is 14.3 Å². The lowest BCUT2D eigenvalue weighted by Gasteiger charge is -2.07. The second kappa shape index (κ2) is 8.42. The van der Waals surface area contributed by atoms with Crippen LogP contribution in [0.25, 0.3) is 0 Å². The molecule has 0 aliphatic carbocycles. The van der Waals surface area contributed by atoms with E-state index in [9.17, 15) is 9.59 Å². The summed E-state index contributed by atoms with van der Waals surface area (Å²) >= 11 is 1.58. The van der Waals surface area contributed by atoms with Gasteiger partial charge in [-0.1, -0.05) is 12.1 Å². The summed E-state index contributed by atoms with van der Waals surface area (Å²) in [7, 11) is 1.59. The zero-order valence-electron chi connectivity index (χ0n) is 11.1. The molecule has 0 aromatic heterocycles. The van der Waals surface area contributed by atoms with Crippen LogP contribution in [0, 0.1) is 0 Å². The molecule has 1 aromatic rings. The number of carbonyl (C=O) groups is 2. The van der Waals surface area contributed by atoms with Gasteiger partial charge in [-0.3, -0.25) is 20.4 Å². The monoisotopic (exact) mass is 282 g/mol. The second-order valence-corrected chi connectivity index (χ2v) is 4.85. The number of carbonyl (C=O) groups excluding carboxylic acids is 2. The summed E-state index contributed by atoms with van der Waals surface area (Å²) < 4.78 is 5.03. The summed E-state index contributed by atoms with van der Waals surface area (Å²) in [6.45, 7) is 0. The summed E-state index contributed by atoms with van der Waals surface area (Å²) in [5.41, 5.74) is 5.63. The van der Waals surface area contributed by atoms with E-state index in [0.29, 0.717) is 6.42 Å². The first kappa shape index (κ1) is 15.4. The van der Waals surface area contributed by atoms with Crippen molar-refractivity contribution in [2.45, 2.75) is 12.8 Å². The molecule has 0 aliphatic rings. The number of amides is 2. The predicted molar refractivity (Wildman–Crippen MR) is 76.0 cm³/mol. The zero-order chi connectivity index (χ0) is 14.1. The van der Waals surface area contributed by atoms with Gasteiger partial charge in [0.1, 0.15) is 5.75 Å². The lowest BCUT2D eigenvalue weighted by atomic mass is 10.1. The van der Waals surface area contributed by atoms with Crippen molar-refractivity contribution in [2.75, 3.05) is 19.1 Å². The van der Waals surface area contributed by atoms with Crippen LogP contribution in [0.1, 0.15) is 12.0 Å². The lowest BCUT2D eigenvalue weighted by Crippen LogP contribution is -2.42. The Balaban J connectivity index is 2.32. The Hall–Kier alpha value is -1.69. The maximum absolute atomic E-state index is 11.6. The minimum Gasteiger partial charge on any atom is -0.497 e. The molecule has 0 aliphatic heterocycles. The van der Waals surface area contributed by atoms with Gasteiger partial charge in [-0.25, -0.2) is 0 Å². The van der Waals surface area contributed by atoms with Gasteiger partial charge in [0.2, 0.25) is 11.8 Å². The van der Waals surface area contributed by atoms with Gasteiger partial charge < -0.3 is 4.74 Å². The molecule has 6 heteroatoms. The third-order valence-electron chi connectivity index (χ3n) is 2.40. The third kappa shape index (κ3) is 6.15. The standard InChI is InChI=1S/C13H18N2O3S/c1-18-11-5-3-10(4-6-11)9-13(17)15-14-12(16)7-8-19-2/h3-6H,7-9H2,1-2H3,(H,14,16)(H,15,17). The number of methoxy groups -OCH3 is 1. The van der Waals surface area contributed by atoms with Crippen molar-refractivity contribution in [1.29, 1.82) is 0 Å². The molecule has 0 fully saturated rings. The molecular formula is C13H18N2O3S. The van der Waals surface area contributed by atoms with Crippen LogP contribution in [0.3, 0.4) is 0 Å². The van der Waals surface area contributed by atoms with E-state index in [1.165, 1.54) is 0 Å². The molecule has 0 radical (unpaired) electrons. The topological polar surface area (TPSA) is 67.4 Å². The van der Waals surface area contributed by atoms with E-state index in [0.717, 1.165) is 17.1 Å². The van der Waals surface area contributed by atoms with Gasteiger partial charge in [0.05, 0.1) is 13.5 Å². The van der Waals surface area contributed by atoms with Gasteiger partial charge in [-0.2, -0.15) is 11.8 Å². The highest BCUT2D eigenvalue weighted by Crippen LogP contribution is 2.11. The summed E-state index contributed by atoms with van der Waals surface area (Å²) in [4.78, 5) is 22.9. The number of thioether (sulfide) groups is 1. The highest BCUT2D eigenvalue weighted by molar-refractivity contribution is 7.98. The molecule has 2 amide bonds. The maximum atomic E-state index is 11.6. The number of hydrogen-bond donors (Lipinski definition) is 2. The number of benzene rings is 1. The van der Waals surface area contributed by atoms with Crippen LogP contribution < -0.4 is 15.6 Å². The summed E-state index contributed by atoms with van der Waals surface area (Å²) in [5, 5.41) is 0. The molecule has 0 spiro atoms. The fourth-order valence-electron chi connectivity index (χ4n) is 1.37. The average Bonchev–Trinajstić information content (AvgIpc) is 2.43. The van der Waals surface area contributed by atoms with Crippen molar-refractivity contribution in [3.05, 3.63) is 29.8 Å². The number of hydrogen-bond acceptors (Lipinski definition) is 4. The Morgan fingerprint density at radius 1 is 1.16 bits per heavy atom. The van der Waals surface area contributed by atoms with Crippen LogP contribution >= 0.6 is 11.8 Å². The van der Waals surface area contributed by atoms with Crippen LogP contribution in [0.4, 0.5) is 0 Å². The summed E-state index contributed by atoms with van der Waals surface area (Å²) in [6.07, 6.45) is 2.53. The first-order chi connectivity index (χ1) is 9.15. The van der Waals surface area contributed by atoms with Crippen LogP contribution in [0.5, 0.6) is 5.75 Å². The molecule has 0 atom stereocenters. The van der Waals surface area contributed by atoms with Gasteiger partial charge in [0.25, 0.3) is 0 Å². The van der Waals surface area contributed by atoms with E-state index in [-0.39, 0.29) is 18.2 Å². The summed E-state index contributed by atoms with van der Waals surface area (Å²) in [6, 6.07) is 7.21. The number of rotatable bonds is 6. The van der Waals surface area contributed by atoms with E-state index >= 15 is 0 Å². The minimum absolute atomic E-state index is 0.183. The largest absolute Gasteiger partial charge is 0.497 e. The van der Waals surface area contributed by atoms with Gasteiger partial charge in [0.15, 0.2) is 0 Å². The Kier molecular flexibility index (Phi) is 6.81. The average molecular weight is 282 g/mol. The fourth-order valence-corrected chi connectivity index (χ4v) is 1.76. The molecule has 1 aromatic carbocycles. The van der Waals surface area contributed by atoms with Crippen molar-refractivity contribution in [3.63, 3.8) is 0 Å². The van der Waals surface area contributed by atoms with Gasteiger partial charge in [-0.05, 0) is 24.0 Å². The van der Waals surface area contributed by atoms with Crippen molar-refractivity contribution in [3.8, 4) is 5.75 Å². The first-order valence-electron chi connectivity index (χ1n) is 5.85. The SMILES string of the molecule is COc1ccc(CC(=O)NNC(=O)CCSC)cc1. The number of nitrogens with one attached hydrogen (secondary N) is 2. The predicted octanol–water partition coefficient (Wildman–Crippen LogP) is 1.14. The Morgan fingerprint density at radius 2 is 1.79 bits per heavy atom. The highest BCUT2D eigenvalue weighted by atomic mass is 32.2. The second-order valence-electron chi connectivity index (χ2n) is 3.86. The van der Waals surface area contributed by atoms with Crippen LogP contribution in [0.15, 0.2) is 24.3 Å². The Bertz CT molecular complexity index is 420. The smallest absolute Gasteiger partial charge is 0.242 e. The molecule has 0 saturated heterocycles. The van der Waals surface area contributed by atoms with E-state index in [4.69, 9.17) is 4.74 Å². The molecule has 0 bridgehead atoms. The van der Waals surface area contributed by atoms with Crippen molar-refractivity contribution in [2.24, 2.45) is 0 Å². The van der Waals surface area contributed by atoms with E-state index < -0.39 is 0 Å². The summed E-state index contributed by atoms with van der Waals surface area (Å²) in [5.74, 6) is 1.05. The van der Waals surface area contributed by atoms with Crippen LogP contribution in [0.2, 0.25) is 0 Å². The van der Waals surface area contributed by atoms with Crippen molar-refractivity contribution >= 4 is 23.6 Å². The molecule has 0 heterocycles. The van der Waals surface area contributed by atoms with E-state index in [2.05, 4.69) is 10.9 Å². The van der Waals surface area contributed by atoms with Gasteiger partial charge in [-0.15, -0.1) is 0 Å². The van der Waals surface area contributed by atoms with Crippen LogP contribution in [-0.2, 0) is 16.0 Å². The van der Waals surface area contributed by atoms with Gasteiger partial charge in [0, 0.05) is 12.2 Å². The molecule has 104 valence electrons. The normalized spacial score (nSPS) is 9.79. The molecule has 19 heavy (non-hydrogen) atoms. The molecular weight excluding hydrogens is 264 g/mol. The lowest BCUT2D eigenvalue weighted by molar-refractivity contribution is -0.128. The molecule has 1 rings (SSSR count). The van der Waals surface area contributed by atoms with Crippen molar-refractivity contribution in [1.82, 2.24) is 10.9 Å². The third-order valence-corrected chi connectivity index (χ3v) is 3.01. The molecule has 0 unspecified atom stereocenters. The number of ether oxygens (including phenoxy) is 1. The highest BCUT2D eigenvalue weighted by Gasteiger charge is 2.05. The molecule has 5 nitrogen and oxygen atoms in total. The number of hydrazine groups is 1.